The van der Waals surface area contributed by atoms with Gasteiger partial charge in [0.15, 0.2) is 5.82 Å². The predicted molar refractivity (Wildman–Crippen MR) is 112 cm³/mol. The fourth-order valence-electron chi connectivity index (χ4n) is 3.32. The molecular formula is C21H22FN5OS. The number of aromatic nitrogens is 3. The Morgan fingerprint density at radius 2 is 1.97 bits per heavy atom. The Labute approximate surface area is 172 Å². The molecule has 0 saturated carbocycles. The zero-order chi connectivity index (χ0) is 20.5. The first-order chi connectivity index (χ1) is 14.0. The van der Waals surface area contributed by atoms with E-state index in [0.29, 0.717) is 11.6 Å². The minimum absolute atomic E-state index is 0.141. The van der Waals surface area contributed by atoms with Crippen LogP contribution in [0.1, 0.15) is 35.5 Å². The summed E-state index contributed by atoms with van der Waals surface area (Å²) in [7, 11) is 0. The maximum absolute atomic E-state index is 13.5. The van der Waals surface area contributed by atoms with Crippen LogP contribution in [0.3, 0.4) is 0 Å². The second-order valence-corrected chi connectivity index (χ2v) is 8.20. The van der Waals surface area contributed by atoms with Crippen LogP contribution in [-0.4, -0.2) is 26.0 Å². The molecule has 0 fully saturated rings. The molecule has 150 valence electrons. The van der Waals surface area contributed by atoms with Crippen LogP contribution in [0.4, 0.5) is 10.1 Å². The SMILES string of the molecule is CCc1nnc2n1N[C@@H](c1ccc(F)cc1)[C@H](C(=O)Nc1cc(C)ccc1C)S2. The van der Waals surface area contributed by atoms with E-state index in [1.54, 1.807) is 12.1 Å². The summed E-state index contributed by atoms with van der Waals surface area (Å²) in [6, 6.07) is 11.8. The average Bonchev–Trinajstić information content (AvgIpc) is 3.12. The molecule has 4 rings (SSSR count). The van der Waals surface area contributed by atoms with Crippen molar-refractivity contribution in [1.82, 2.24) is 14.9 Å². The number of rotatable bonds is 4. The molecule has 1 aliphatic heterocycles. The topological polar surface area (TPSA) is 71.8 Å². The summed E-state index contributed by atoms with van der Waals surface area (Å²) in [6.45, 7) is 5.95. The van der Waals surface area contributed by atoms with Gasteiger partial charge in [0.25, 0.3) is 0 Å². The van der Waals surface area contributed by atoms with Gasteiger partial charge in [0.2, 0.25) is 11.1 Å². The summed E-state index contributed by atoms with van der Waals surface area (Å²) in [5, 5.41) is 11.6. The number of nitrogens with zero attached hydrogens (tertiary/aromatic N) is 3. The molecule has 0 unspecified atom stereocenters. The van der Waals surface area contributed by atoms with Gasteiger partial charge in [-0.1, -0.05) is 43.0 Å². The van der Waals surface area contributed by atoms with Crippen LogP contribution in [0.25, 0.3) is 0 Å². The standard InChI is InChI=1S/C21H22FN5OS/c1-4-17-24-25-21-27(17)26-18(14-7-9-15(22)10-8-14)19(29-21)20(28)23-16-11-12(2)5-6-13(16)3/h5-11,18-19,26H,4H2,1-3H3,(H,23,28)/t18-,19+/m0/s1. The molecule has 6 nitrogen and oxygen atoms in total. The van der Waals surface area contributed by atoms with Crippen LogP contribution in [-0.2, 0) is 11.2 Å². The maximum atomic E-state index is 13.5. The number of halogens is 1. The number of carbonyl (C=O) groups is 1. The molecule has 1 aliphatic rings. The number of hydrogen-bond acceptors (Lipinski definition) is 5. The van der Waals surface area contributed by atoms with Gasteiger partial charge in [-0.15, -0.1) is 10.2 Å². The van der Waals surface area contributed by atoms with Gasteiger partial charge in [-0.05, 0) is 48.7 Å². The summed E-state index contributed by atoms with van der Waals surface area (Å²) >= 11 is 1.36. The Morgan fingerprint density at radius 3 is 2.69 bits per heavy atom. The molecule has 8 heteroatoms. The highest BCUT2D eigenvalue weighted by molar-refractivity contribution is 8.00. The number of carbonyl (C=O) groups excluding carboxylic acids is 1. The first-order valence-corrected chi connectivity index (χ1v) is 10.4. The Hall–Kier alpha value is -2.87. The lowest BCUT2D eigenvalue weighted by Gasteiger charge is -2.33. The molecule has 1 aromatic heterocycles. The molecule has 0 bridgehead atoms. The zero-order valence-corrected chi connectivity index (χ0v) is 17.3. The first kappa shape index (κ1) is 19.4. The molecule has 0 radical (unpaired) electrons. The number of hydrogen-bond donors (Lipinski definition) is 2. The second-order valence-electron chi connectivity index (χ2n) is 7.09. The van der Waals surface area contributed by atoms with E-state index in [9.17, 15) is 9.18 Å². The Morgan fingerprint density at radius 1 is 1.21 bits per heavy atom. The number of benzene rings is 2. The fourth-order valence-corrected chi connectivity index (χ4v) is 4.42. The van der Waals surface area contributed by atoms with Crippen molar-refractivity contribution in [3.8, 4) is 0 Å². The van der Waals surface area contributed by atoms with Crippen LogP contribution in [0.15, 0.2) is 47.6 Å². The van der Waals surface area contributed by atoms with Crippen LogP contribution < -0.4 is 10.7 Å². The van der Waals surface area contributed by atoms with Crippen molar-refractivity contribution in [2.45, 2.75) is 43.6 Å². The van der Waals surface area contributed by atoms with Crippen molar-refractivity contribution < 1.29 is 9.18 Å². The smallest absolute Gasteiger partial charge is 0.240 e. The van der Waals surface area contributed by atoms with E-state index >= 15 is 0 Å². The largest absolute Gasteiger partial charge is 0.325 e. The summed E-state index contributed by atoms with van der Waals surface area (Å²) in [6.07, 6.45) is 0.704. The lowest BCUT2D eigenvalue weighted by atomic mass is 10.0. The van der Waals surface area contributed by atoms with Crippen LogP contribution in [0.5, 0.6) is 0 Å². The van der Waals surface area contributed by atoms with Gasteiger partial charge < -0.3 is 10.7 Å². The first-order valence-electron chi connectivity index (χ1n) is 9.47. The highest BCUT2D eigenvalue weighted by Gasteiger charge is 2.37. The minimum atomic E-state index is -0.498. The highest BCUT2D eigenvalue weighted by atomic mass is 32.2. The number of anilines is 1. The summed E-state index contributed by atoms with van der Waals surface area (Å²) in [4.78, 5) is 13.3. The Bertz CT molecular complexity index is 1050. The van der Waals surface area contributed by atoms with Crippen molar-refractivity contribution >= 4 is 23.4 Å². The van der Waals surface area contributed by atoms with Crippen LogP contribution in [0, 0.1) is 19.7 Å². The molecule has 2 atom stereocenters. The average molecular weight is 412 g/mol. The number of nitrogens with one attached hydrogen (secondary N) is 2. The molecule has 29 heavy (non-hydrogen) atoms. The number of thioether (sulfide) groups is 1. The third-order valence-corrected chi connectivity index (χ3v) is 6.17. The molecule has 2 N–H and O–H groups in total. The molecule has 2 aromatic carbocycles. The molecule has 1 amide bonds. The van der Waals surface area contributed by atoms with E-state index < -0.39 is 5.25 Å². The highest BCUT2D eigenvalue weighted by Crippen LogP contribution is 2.37. The zero-order valence-electron chi connectivity index (χ0n) is 16.4. The fraction of sp³-hybridized carbons (Fsp3) is 0.286. The predicted octanol–water partition coefficient (Wildman–Crippen LogP) is 3.99. The van der Waals surface area contributed by atoms with Crippen molar-refractivity contribution in [3.63, 3.8) is 0 Å². The lowest BCUT2D eigenvalue weighted by Crippen LogP contribution is -2.41. The Kier molecular flexibility index (Phi) is 5.27. The number of fused-ring (bicyclic) bond motifs is 1. The molecule has 2 heterocycles. The molecular weight excluding hydrogens is 389 g/mol. The van der Waals surface area contributed by atoms with Gasteiger partial charge >= 0.3 is 0 Å². The monoisotopic (exact) mass is 411 g/mol. The van der Waals surface area contributed by atoms with E-state index in [0.717, 1.165) is 28.2 Å². The molecule has 3 aromatic rings. The van der Waals surface area contributed by atoms with E-state index in [1.165, 1.54) is 23.9 Å². The third-order valence-electron chi connectivity index (χ3n) is 4.96. The minimum Gasteiger partial charge on any atom is -0.325 e. The summed E-state index contributed by atoms with van der Waals surface area (Å²) < 4.78 is 15.3. The van der Waals surface area contributed by atoms with Gasteiger partial charge in [-0.3, -0.25) is 4.79 Å². The second kappa shape index (κ2) is 7.87. The molecule has 0 spiro atoms. The van der Waals surface area contributed by atoms with Gasteiger partial charge in [0, 0.05) is 12.1 Å². The summed E-state index contributed by atoms with van der Waals surface area (Å²) in [5.74, 6) is 0.332. The van der Waals surface area contributed by atoms with Gasteiger partial charge in [-0.25, -0.2) is 9.07 Å². The van der Waals surface area contributed by atoms with Gasteiger partial charge in [-0.2, -0.15) is 0 Å². The van der Waals surface area contributed by atoms with E-state index in [-0.39, 0.29) is 17.8 Å². The Balaban J connectivity index is 1.68. The number of amides is 1. The van der Waals surface area contributed by atoms with Crippen molar-refractivity contribution in [2.24, 2.45) is 0 Å². The summed E-state index contributed by atoms with van der Waals surface area (Å²) in [5.41, 5.74) is 7.04. The van der Waals surface area contributed by atoms with E-state index in [4.69, 9.17) is 0 Å². The number of aryl methyl sites for hydroxylation is 3. The third kappa shape index (κ3) is 3.85. The van der Waals surface area contributed by atoms with E-state index in [1.807, 2.05) is 43.6 Å². The van der Waals surface area contributed by atoms with Gasteiger partial charge in [0.05, 0.1) is 6.04 Å². The van der Waals surface area contributed by atoms with Crippen LogP contribution >= 0.6 is 11.8 Å². The van der Waals surface area contributed by atoms with Crippen molar-refractivity contribution in [2.75, 3.05) is 10.7 Å². The molecule has 0 aliphatic carbocycles. The molecule has 0 saturated heterocycles. The van der Waals surface area contributed by atoms with Crippen molar-refractivity contribution in [1.29, 1.82) is 0 Å². The van der Waals surface area contributed by atoms with Gasteiger partial charge in [0.1, 0.15) is 11.1 Å². The lowest BCUT2D eigenvalue weighted by molar-refractivity contribution is -0.116. The van der Waals surface area contributed by atoms with Crippen LogP contribution in [0.2, 0.25) is 0 Å². The van der Waals surface area contributed by atoms with Crippen molar-refractivity contribution in [3.05, 3.63) is 70.8 Å². The quantitative estimate of drug-likeness (QED) is 0.679. The normalized spacial score (nSPS) is 18.1. The van der Waals surface area contributed by atoms with E-state index in [2.05, 4.69) is 20.9 Å². The maximum Gasteiger partial charge on any atom is 0.240 e.